The Balaban J connectivity index is 1.96. The van der Waals surface area contributed by atoms with Crippen LogP contribution in [0.4, 0.5) is 18.9 Å². The van der Waals surface area contributed by atoms with Crippen LogP contribution in [0.25, 0.3) is 0 Å². The van der Waals surface area contributed by atoms with E-state index >= 15 is 0 Å². The molecule has 1 heterocycles. The smallest absolute Gasteiger partial charge is 0.375 e. The number of hydrogen-bond acceptors (Lipinski definition) is 4. The Bertz CT molecular complexity index is 692. The summed E-state index contributed by atoms with van der Waals surface area (Å²) in [6.45, 7) is 3.56. The van der Waals surface area contributed by atoms with Crippen molar-refractivity contribution >= 4 is 29.1 Å². The van der Waals surface area contributed by atoms with Crippen LogP contribution in [0.1, 0.15) is 12.5 Å². The highest BCUT2D eigenvalue weighted by atomic mass is 35.5. The van der Waals surface area contributed by atoms with Crippen molar-refractivity contribution in [1.82, 2.24) is 9.80 Å². The largest absolute Gasteiger partial charge is 0.417 e. The van der Waals surface area contributed by atoms with Gasteiger partial charge in [0, 0.05) is 39.0 Å². The van der Waals surface area contributed by atoms with Crippen molar-refractivity contribution in [3.05, 3.63) is 28.8 Å². The lowest BCUT2D eigenvalue weighted by Crippen LogP contribution is -2.54. The molecule has 1 fully saturated rings. The average Bonchev–Trinajstić information content (AvgIpc) is 2.62. The van der Waals surface area contributed by atoms with E-state index in [-0.39, 0.29) is 18.2 Å². The Hall–Kier alpha value is -1.84. The van der Waals surface area contributed by atoms with Crippen molar-refractivity contribution in [3.8, 4) is 0 Å². The van der Waals surface area contributed by atoms with Gasteiger partial charge in [-0.25, -0.2) is 0 Å². The first kappa shape index (κ1) is 21.5. The molecule has 1 atom stereocenters. The SMILES string of the molecule is COCC(=O)N1CCN(C(C)C(=O)Nc2ccc(Cl)c(C(F)(F)F)c2)CC1. The number of nitrogens with one attached hydrogen (secondary N) is 1. The molecule has 27 heavy (non-hydrogen) atoms. The number of carbonyl (C=O) groups is 2. The second-order valence-electron chi connectivity index (χ2n) is 6.21. The zero-order valence-electron chi connectivity index (χ0n) is 15.0. The first-order valence-corrected chi connectivity index (χ1v) is 8.69. The number of methoxy groups -OCH3 is 1. The third-order valence-electron chi connectivity index (χ3n) is 4.40. The quantitative estimate of drug-likeness (QED) is 0.814. The maximum absolute atomic E-state index is 12.9. The van der Waals surface area contributed by atoms with Crippen molar-refractivity contribution in [2.24, 2.45) is 0 Å². The van der Waals surface area contributed by atoms with Crippen molar-refractivity contribution in [2.45, 2.75) is 19.1 Å². The number of carbonyl (C=O) groups excluding carboxylic acids is 2. The van der Waals surface area contributed by atoms with Crippen LogP contribution in [0.3, 0.4) is 0 Å². The van der Waals surface area contributed by atoms with Gasteiger partial charge in [0.2, 0.25) is 11.8 Å². The minimum Gasteiger partial charge on any atom is -0.375 e. The molecule has 1 aliphatic heterocycles. The Labute approximate surface area is 160 Å². The van der Waals surface area contributed by atoms with Crippen LogP contribution >= 0.6 is 11.6 Å². The number of alkyl halides is 3. The first-order valence-electron chi connectivity index (χ1n) is 8.32. The molecule has 0 bridgehead atoms. The van der Waals surface area contributed by atoms with Gasteiger partial charge < -0.3 is 15.0 Å². The molecular weight excluding hydrogens is 387 g/mol. The molecule has 1 saturated heterocycles. The van der Waals surface area contributed by atoms with Gasteiger partial charge in [-0.05, 0) is 25.1 Å². The van der Waals surface area contributed by atoms with Gasteiger partial charge in [-0.3, -0.25) is 14.5 Å². The second-order valence-corrected chi connectivity index (χ2v) is 6.61. The van der Waals surface area contributed by atoms with Crippen LogP contribution in [-0.2, 0) is 20.5 Å². The second kappa shape index (κ2) is 8.90. The Kier molecular flexibility index (Phi) is 7.07. The fourth-order valence-electron chi connectivity index (χ4n) is 2.81. The summed E-state index contributed by atoms with van der Waals surface area (Å²) in [5.74, 6) is -0.544. The lowest BCUT2D eigenvalue weighted by molar-refractivity contribution is -0.138. The summed E-state index contributed by atoms with van der Waals surface area (Å²) >= 11 is 5.58. The standard InChI is InChI=1S/C17H21ClF3N3O3/c1-11(23-5-7-24(8-6-23)15(25)10-27-2)16(26)22-12-3-4-14(18)13(9-12)17(19,20)21/h3-4,9,11H,5-8,10H2,1-2H3,(H,22,26). The zero-order valence-corrected chi connectivity index (χ0v) is 15.7. The van der Waals surface area contributed by atoms with E-state index in [1.54, 1.807) is 11.8 Å². The third-order valence-corrected chi connectivity index (χ3v) is 4.73. The lowest BCUT2D eigenvalue weighted by atomic mass is 10.1. The molecule has 1 aromatic rings. The van der Waals surface area contributed by atoms with Crippen LogP contribution in [0.15, 0.2) is 18.2 Å². The molecule has 2 rings (SSSR count). The van der Waals surface area contributed by atoms with Gasteiger partial charge in [0.15, 0.2) is 0 Å². The molecule has 6 nitrogen and oxygen atoms in total. The molecule has 1 aliphatic rings. The summed E-state index contributed by atoms with van der Waals surface area (Å²) in [7, 11) is 1.45. The predicted octanol–water partition coefficient (Wildman–Crippen LogP) is 2.48. The number of piperazine rings is 1. The highest BCUT2D eigenvalue weighted by Gasteiger charge is 2.34. The molecule has 0 spiro atoms. The van der Waals surface area contributed by atoms with Gasteiger partial charge in [0.1, 0.15) is 6.61 Å². The van der Waals surface area contributed by atoms with Crippen molar-refractivity contribution < 1.29 is 27.5 Å². The van der Waals surface area contributed by atoms with Crippen molar-refractivity contribution in [1.29, 1.82) is 0 Å². The van der Waals surface area contributed by atoms with Crippen LogP contribution in [0.2, 0.25) is 5.02 Å². The summed E-state index contributed by atoms with van der Waals surface area (Å²) in [4.78, 5) is 27.7. The van der Waals surface area contributed by atoms with Gasteiger partial charge in [-0.15, -0.1) is 0 Å². The molecule has 1 N–H and O–H groups in total. The van der Waals surface area contributed by atoms with E-state index < -0.39 is 28.7 Å². The molecular formula is C17H21ClF3N3O3. The normalized spacial score (nSPS) is 16.9. The van der Waals surface area contributed by atoms with E-state index in [1.807, 2.05) is 4.90 Å². The number of nitrogens with zero attached hydrogens (tertiary/aromatic N) is 2. The molecule has 2 amide bonds. The van der Waals surface area contributed by atoms with Gasteiger partial charge in [0.05, 0.1) is 16.6 Å². The van der Waals surface area contributed by atoms with Gasteiger partial charge in [-0.2, -0.15) is 13.2 Å². The summed E-state index contributed by atoms with van der Waals surface area (Å²) in [6, 6.07) is 2.68. The topological polar surface area (TPSA) is 61.9 Å². The van der Waals surface area contributed by atoms with Crippen LogP contribution in [-0.4, -0.2) is 67.6 Å². The Morgan fingerprint density at radius 3 is 2.44 bits per heavy atom. The van der Waals surface area contributed by atoms with E-state index in [4.69, 9.17) is 16.3 Å². The molecule has 10 heteroatoms. The highest BCUT2D eigenvalue weighted by Crippen LogP contribution is 2.36. The van der Waals surface area contributed by atoms with E-state index in [0.717, 1.165) is 12.1 Å². The number of hydrogen-bond donors (Lipinski definition) is 1. The van der Waals surface area contributed by atoms with E-state index in [9.17, 15) is 22.8 Å². The number of halogens is 4. The summed E-state index contributed by atoms with van der Waals surface area (Å²) in [5, 5.41) is 2.07. The zero-order chi connectivity index (χ0) is 20.2. The molecule has 150 valence electrons. The van der Waals surface area contributed by atoms with Gasteiger partial charge in [0.25, 0.3) is 0 Å². The Morgan fingerprint density at radius 2 is 1.89 bits per heavy atom. The summed E-state index contributed by atoms with van der Waals surface area (Å²) in [6.07, 6.45) is -4.60. The van der Waals surface area contributed by atoms with Crippen molar-refractivity contribution in [2.75, 3.05) is 45.2 Å². The Morgan fingerprint density at radius 1 is 1.26 bits per heavy atom. The molecule has 1 unspecified atom stereocenters. The average molecular weight is 408 g/mol. The number of anilines is 1. The van der Waals surface area contributed by atoms with Crippen molar-refractivity contribution in [3.63, 3.8) is 0 Å². The number of amides is 2. The molecule has 0 aliphatic carbocycles. The number of benzene rings is 1. The van der Waals surface area contributed by atoms with E-state index in [1.165, 1.54) is 13.2 Å². The maximum atomic E-state index is 12.9. The fraction of sp³-hybridized carbons (Fsp3) is 0.529. The predicted molar refractivity (Wildman–Crippen MR) is 94.6 cm³/mol. The first-order chi connectivity index (χ1) is 12.6. The van der Waals surface area contributed by atoms with Gasteiger partial charge >= 0.3 is 6.18 Å². The van der Waals surface area contributed by atoms with Gasteiger partial charge in [-0.1, -0.05) is 11.6 Å². The molecule has 1 aromatic carbocycles. The van der Waals surface area contributed by atoms with E-state index in [0.29, 0.717) is 26.2 Å². The lowest BCUT2D eigenvalue weighted by Gasteiger charge is -2.37. The monoisotopic (exact) mass is 407 g/mol. The van der Waals surface area contributed by atoms with Crippen LogP contribution in [0.5, 0.6) is 0 Å². The molecule has 0 saturated carbocycles. The molecule has 0 radical (unpaired) electrons. The number of rotatable bonds is 5. The third kappa shape index (κ3) is 5.57. The van der Waals surface area contributed by atoms with Crippen LogP contribution < -0.4 is 5.32 Å². The molecule has 0 aromatic heterocycles. The summed E-state index contributed by atoms with van der Waals surface area (Å²) < 4.78 is 43.6. The summed E-state index contributed by atoms with van der Waals surface area (Å²) in [5.41, 5.74) is -0.975. The maximum Gasteiger partial charge on any atom is 0.417 e. The highest BCUT2D eigenvalue weighted by molar-refractivity contribution is 6.31. The van der Waals surface area contributed by atoms with Crippen LogP contribution in [0, 0.1) is 0 Å². The minimum absolute atomic E-state index is 0.00808. The fourth-order valence-corrected chi connectivity index (χ4v) is 3.03. The number of ether oxygens (including phenoxy) is 1. The van der Waals surface area contributed by atoms with E-state index in [2.05, 4.69) is 5.32 Å². The minimum atomic E-state index is -4.60.